The highest BCUT2D eigenvalue weighted by molar-refractivity contribution is 5.98. The van der Waals surface area contributed by atoms with E-state index < -0.39 is 0 Å². The minimum absolute atomic E-state index is 0.0812. The molecule has 1 aromatic heterocycles. The number of Topliss-reactive ketones (excluding diaryl/α,β-unsaturated/α-hetero) is 1. The second-order valence-corrected chi connectivity index (χ2v) is 8.68. The number of ketones is 1. The Kier molecular flexibility index (Phi) is 6.24. The van der Waals surface area contributed by atoms with Gasteiger partial charge in [-0.3, -0.25) is 9.78 Å². The summed E-state index contributed by atoms with van der Waals surface area (Å²) in [7, 11) is 0. The normalized spacial score (nSPS) is 15.4. The molecular weight excluding hydrogens is 424 g/mol. The second kappa shape index (κ2) is 9.62. The molecule has 3 aromatic rings. The zero-order valence-electron chi connectivity index (χ0n) is 19.2. The highest BCUT2D eigenvalue weighted by atomic mass is 16.5. The molecule has 1 fully saturated rings. The van der Waals surface area contributed by atoms with E-state index in [1.54, 1.807) is 0 Å². The first-order valence-corrected chi connectivity index (χ1v) is 11.8. The van der Waals surface area contributed by atoms with Gasteiger partial charge in [0.25, 0.3) is 0 Å². The lowest BCUT2D eigenvalue weighted by molar-refractivity contribution is 0.0254. The number of allylic oxidation sites excluding steroid dienone is 1. The molecule has 0 N–H and O–H groups in total. The Morgan fingerprint density at radius 2 is 2.00 bits per heavy atom. The monoisotopic (exact) mass is 450 g/mol. The topological polar surface area (TPSA) is 72.2 Å². The fraction of sp³-hybridized carbons (Fsp3) is 0.276. The van der Waals surface area contributed by atoms with Crippen LogP contribution in [0.3, 0.4) is 0 Å². The molecule has 1 aliphatic carbocycles. The van der Waals surface area contributed by atoms with Crippen molar-refractivity contribution in [3.63, 3.8) is 0 Å². The number of carbonyl (C=O) groups is 1. The van der Waals surface area contributed by atoms with Gasteiger partial charge in [-0.05, 0) is 52.6 Å². The van der Waals surface area contributed by atoms with Crippen molar-refractivity contribution in [3.05, 3.63) is 82.7 Å². The van der Waals surface area contributed by atoms with E-state index in [4.69, 9.17) is 9.47 Å². The molecule has 1 aliphatic heterocycles. The lowest BCUT2D eigenvalue weighted by atomic mass is 9.98. The fourth-order valence-corrected chi connectivity index (χ4v) is 4.62. The number of aromatic nitrogens is 1. The van der Waals surface area contributed by atoms with Crippen LogP contribution in [0.25, 0.3) is 22.8 Å². The zero-order valence-corrected chi connectivity index (χ0v) is 19.2. The van der Waals surface area contributed by atoms with Gasteiger partial charge in [0.1, 0.15) is 17.9 Å². The maximum atomic E-state index is 12.2. The van der Waals surface area contributed by atoms with Crippen LogP contribution in [-0.4, -0.2) is 30.1 Å². The highest BCUT2D eigenvalue weighted by Gasteiger charge is 2.21. The van der Waals surface area contributed by atoms with E-state index >= 15 is 0 Å². The van der Waals surface area contributed by atoms with Gasteiger partial charge in [-0.1, -0.05) is 31.2 Å². The van der Waals surface area contributed by atoms with E-state index in [0.717, 1.165) is 51.9 Å². The van der Waals surface area contributed by atoms with E-state index in [9.17, 15) is 10.1 Å². The Morgan fingerprint density at radius 3 is 2.79 bits per heavy atom. The molecule has 2 heterocycles. The van der Waals surface area contributed by atoms with Crippen molar-refractivity contribution in [1.82, 2.24) is 4.98 Å². The summed E-state index contributed by atoms with van der Waals surface area (Å²) in [5, 5.41) is 9.79. The summed E-state index contributed by atoms with van der Waals surface area (Å²) < 4.78 is 11.5. The zero-order chi connectivity index (χ0) is 23.5. The molecule has 5 rings (SSSR count). The maximum Gasteiger partial charge on any atom is 0.162 e. The molecule has 0 radical (unpaired) electrons. The first kappa shape index (κ1) is 22.1. The molecule has 2 aromatic carbocycles. The molecule has 1 saturated heterocycles. The summed E-state index contributed by atoms with van der Waals surface area (Å²) in [4.78, 5) is 16.8. The average Bonchev–Trinajstić information content (AvgIpc) is 3.34. The molecule has 0 spiro atoms. The van der Waals surface area contributed by atoms with Gasteiger partial charge in [-0.2, -0.15) is 5.26 Å². The third-order valence-electron chi connectivity index (χ3n) is 6.50. The van der Waals surface area contributed by atoms with Crippen LogP contribution in [0.1, 0.15) is 58.9 Å². The van der Waals surface area contributed by atoms with Crippen molar-refractivity contribution in [2.75, 3.05) is 13.2 Å². The van der Waals surface area contributed by atoms with Crippen molar-refractivity contribution in [3.8, 4) is 22.9 Å². The van der Waals surface area contributed by atoms with Crippen molar-refractivity contribution in [1.29, 1.82) is 5.26 Å². The Morgan fingerprint density at radius 1 is 1.15 bits per heavy atom. The molecule has 5 nitrogen and oxygen atoms in total. The van der Waals surface area contributed by atoms with Crippen LogP contribution < -0.4 is 4.74 Å². The van der Waals surface area contributed by atoms with Crippen LogP contribution in [0.2, 0.25) is 0 Å². The molecule has 0 bridgehead atoms. The Bertz CT molecular complexity index is 1310. The number of nitriles is 1. The number of hydrogen-bond donors (Lipinski definition) is 0. The Balaban J connectivity index is 1.46. The van der Waals surface area contributed by atoms with Gasteiger partial charge >= 0.3 is 0 Å². The average molecular weight is 451 g/mol. The summed E-state index contributed by atoms with van der Waals surface area (Å²) in [6.45, 7) is 3.27. The SMILES string of the molecule is CCC(=O)c1cccc(C2=Cc3c(-c4ccc(OC5CCOCC5)c(C#N)c4)ccnc3C2)c1. The molecule has 0 unspecified atom stereocenters. The largest absolute Gasteiger partial charge is 0.489 e. The van der Waals surface area contributed by atoms with E-state index in [1.807, 2.05) is 61.7 Å². The minimum Gasteiger partial charge on any atom is -0.489 e. The summed E-state index contributed by atoms with van der Waals surface area (Å²) in [5.74, 6) is 0.765. The van der Waals surface area contributed by atoms with Gasteiger partial charge in [0.05, 0.1) is 24.5 Å². The number of fused-ring (bicyclic) bond motifs is 1. The summed E-state index contributed by atoms with van der Waals surface area (Å²) >= 11 is 0. The van der Waals surface area contributed by atoms with Gasteiger partial charge in [0.2, 0.25) is 0 Å². The van der Waals surface area contributed by atoms with E-state index in [1.165, 1.54) is 0 Å². The van der Waals surface area contributed by atoms with Crippen LogP contribution in [-0.2, 0) is 11.2 Å². The quantitative estimate of drug-likeness (QED) is 0.439. The number of pyridine rings is 1. The lowest BCUT2D eigenvalue weighted by Gasteiger charge is -2.24. The molecule has 5 heteroatoms. The van der Waals surface area contributed by atoms with Gasteiger partial charge < -0.3 is 9.47 Å². The predicted molar refractivity (Wildman–Crippen MR) is 131 cm³/mol. The molecular formula is C29H26N2O3. The Labute approximate surface area is 199 Å². The van der Waals surface area contributed by atoms with Crippen molar-refractivity contribution < 1.29 is 14.3 Å². The smallest absolute Gasteiger partial charge is 0.162 e. The lowest BCUT2D eigenvalue weighted by Crippen LogP contribution is -2.26. The number of benzene rings is 2. The van der Waals surface area contributed by atoms with E-state index in [-0.39, 0.29) is 11.9 Å². The number of rotatable bonds is 6. The van der Waals surface area contributed by atoms with Crippen molar-refractivity contribution in [2.45, 2.75) is 38.7 Å². The standard InChI is InChI=1S/C29H26N2O3/c1-2-28(32)21-5-3-4-19(14-21)22-16-26-25(8-11-31-27(26)17-22)20-6-7-29(23(15-20)18-30)34-24-9-12-33-13-10-24/h3-8,11,14-16,24H,2,9-10,12-13,17H2,1H3. The van der Waals surface area contributed by atoms with Crippen molar-refractivity contribution >= 4 is 17.4 Å². The molecule has 0 atom stereocenters. The summed E-state index contributed by atoms with van der Waals surface area (Å²) in [6, 6.07) is 17.9. The third kappa shape index (κ3) is 4.37. The van der Waals surface area contributed by atoms with Gasteiger partial charge in [-0.15, -0.1) is 0 Å². The summed E-state index contributed by atoms with van der Waals surface area (Å²) in [5.41, 5.74) is 7.51. The van der Waals surface area contributed by atoms with Crippen LogP contribution in [0.5, 0.6) is 5.75 Å². The van der Waals surface area contributed by atoms with Crippen LogP contribution in [0, 0.1) is 11.3 Å². The second-order valence-electron chi connectivity index (χ2n) is 8.68. The predicted octanol–water partition coefficient (Wildman–Crippen LogP) is 5.87. The fourth-order valence-electron chi connectivity index (χ4n) is 4.62. The van der Waals surface area contributed by atoms with Gasteiger partial charge in [0.15, 0.2) is 5.78 Å². The van der Waals surface area contributed by atoms with Crippen LogP contribution >= 0.6 is 0 Å². The molecule has 2 aliphatic rings. The first-order valence-electron chi connectivity index (χ1n) is 11.8. The summed E-state index contributed by atoms with van der Waals surface area (Å²) in [6.07, 6.45) is 6.93. The van der Waals surface area contributed by atoms with E-state index in [2.05, 4.69) is 17.1 Å². The molecule has 170 valence electrons. The number of hydrogen-bond acceptors (Lipinski definition) is 5. The number of ether oxygens (including phenoxy) is 2. The maximum absolute atomic E-state index is 12.2. The highest BCUT2D eigenvalue weighted by Crippen LogP contribution is 2.38. The third-order valence-corrected chi connectivity index (χ3v) is 6.50. The van der Waals surface area contributed by atoms with E-state index in [0.29, 0.717) is 37.4 Å². The van der Waals surface area contributed by atoms with Crippen LogP contribution in [0.15, 0.2) is 54.7 Å². The van der Waals surface area contributed by atoms with Crippen LogP contribution in [0.4, 0.5) is 0 Å². The van der Waals surface area contributed by atoms with Gasteiger partial charge in [0, 0.05) is 43.0 Å². The molecule has 0 saturated carbocycles. The minimum atomic E-state index is 0.0812. The Hall–Kier alpha value is -3.75. The number of nitrogens with zero attached hydrogens (tertiary/aromatic N) is 2. The first-order chi connectivity index (χ1) is 16.7. The molecule has 34 heavy (non-hydrogen) atoms. The van der Waals surface area contributed by atoms with Crippen molar-refractivity contribution in [2.24, 2.45) is 0 Å². The molecule has 0 amide bonds. The number of carbonyl (C=O) groups excluding carboxylic acids is 1. The van der Waals surface area contributed by atoms with Gasteiger partial charge in [-0.25, -0.2) is 0 Å².